The zero-order valence-electron chi connectivity index (χ0n) is 8.33. The Labute approximate surface area is 83.1 Å². The van der Waals surface area contributed by atoms with Crippen molar-refractivity contribution >= 4 is 11.8 Å². The highest BCUT2D eigenvalue weighted by molar-refractivity contribution is 5.87. The van der Waals surface area contributed by atoms with Crippen molar-refractivity contribution in [2.24, 2.45) is 0 Å². The number of fused-ring (bicyclic) bond motifs is 1. The van der Waals surface area contributed by atoms with E-state index in [1.165, 1.54) is 0 Å². The van der Waals surface area contributed by atoms with E-state index < -0.39 is 0 Å². The van der Waals surface area contributed by atoms with E-state index in [-0.39, 0.29) is 11.5 Å². The van der Waals surface area contributed by atoms with E-state index in [0.717, 1.165) is 11.3 Å². The van der Waals surface area contributed by atoms with Gasteiger partial charge in [0.05, 0.1) is 0 Å². The number of ether oxygens (including phenoxy) is 1. The van der Waals surface area contributed by atoms with Crippen molar-refractivity contribution in [3.05, 3.63) is 29.8 Å². The maximum Gasteiger partial charge on any atom is 0.411 e. The second-order valence-electron chi connectivity index (χ2n) is 4.13. The van der Waals surface area contributed by atoms with Crippen LogP contribution in [-0.4, -0.2) is 12.7 Å². The summed E-state index contributed by atoms with van der Waals surface area (Å²) in [4.78, 5) is 11.2. The fourth-order valence-electron chi connectivity index (χ4n) is 1.65. The van der Waals surface area contributed by atoms with Gasteiger partial charge in [0.15, 0.2) is 0 Å². The normalized spacial score (nSPS) is 18.9. The van der Waals surface area contributed by atoms with Crippen molar-refractivity contribution in [1.82, 2.24) is 0 Å². The molecule has 1 amide bonds. The Morgan fingerprint density at radius 3 is 2.86 bits per heavy atom. The number of carbonyl (C=O) groups is 1. The quantitative estimate of drug-likeness (QED) is 0.684. The molecular formula is C11H13NO2. The van der Waals surface area contributed by atoms with E-state index in [1.54, 1.807) is 0 Å². The summed E-state index contributed by atoms with van der Waals surface area (Å²) in [5.74, 6) is 0. The van der Waals surface area contributed by atoms with E-state index >= 15 is 0 Å². The van der Waals surface area contributed by atoms with E-state index in [1.807, 2.05) is 24.3 Å². The first-order valence-corrected chi connectivity index (χ1v) is 4.63. The number of benzene rings is 1. The van der Waals surface area contributed by atoms with Gasteiger partial charge in [-0.05, 0) is 11.6 Å². The summed E-state index contributed by atoms with van der Waals surface area (Å²) in [5.41, 5.74) is 1.83. The monoisotopic (exact) mass is 191 g/mol. The second kappa shape index (κ2) is 3.01. The van der Waals surface area contributed by atoms with Crippen LogP contribution in [0.1, 0.15) is 19.4 Å². The second-order valence-corrected chi connectivity index (χ2v) is 4.13. The van der Waals surface area contributed by atoms with Crippen molar-refractivity contribution in [2.45, 2.75) is 19.3 Å². The minimum absolute atomic E-state index is 0.129. The predicted octanol–water partition coefficient (Wildman–Crippen LogP) is 2.53. The zero-order valence-corrected chi connectivity index (χ0v) is 8.33. The average Bonchev–Trinajstić information content (AvgIpc) is 2.25. The number of carbonyl (C=O) groups excluding carboxylic acids is 1. The maximum atomic E-state index is 11.2. The van der Waals surface area contributed by atoms with Crippen LogP contribution < -0.4 is 5.32 Å². The van der Waals surface area contributed by atoms with Gasteiger partial charge in [0, 0.05) is 11.1 Å². The third-order valence-corrected chi connectivity index (χ3v) is 2.46. The summed E-state index contributed by atoms with van der Waals surface area (Å²) in [6, 6.07) is 7.78. The van der Waals surface area contributed by atoms with E-state index in [9.17, 15) is 4.79 Å². The van der Waals surface area contributed by atoms with Crippen molar-refractivity contribution in [3.63, 3.8) is 0 Å². The van der Waals surface area contributed by atoms with Crippen LogP contribution in [0.15, 0.2) is 24.3 Å². The van der Waals surface area contributed by atoms with Gasteiger partial charge in [-0.2, -0.15) is 0 Å². The topological polar surface area (TPSA) is 38.3 Å². The van der Waals surface area contributed by atoms with Crippen LogP contribution in [0.5, 0.6) is 0 Å². The molecule has 1 aromatic carbocycles. The van der Waals surface area contributed by atoms with Crippen LogP contribution in [0.3, 0.4) is 0 Å². The van der Waals surface area contributed by atoms with Gasteiger partial charge in [0.1, 0.15) is 6.61 Å². The molecule has 0 saturated carbocycles. The third-order valence-electron chi connectivity index (χ3n) is 2.46. The highest BCUT2D eigenvalue weighted by Crippen LogP contribution is 2.32. The first-order chi connectivity index (χ1) is 6.59. The van der Waals surface area contributed by atoms with E-state index in [0.29, 0.717) is 6.61 Å². The molecule has 0 radical (unpaired) electrons. The molecule has 1 heterocycles. The highest BCUT2D eigenvalue weighted by Gasteiger charge is 2.28. The van der Waals surface area contributed by atoms with Crippen molar-refractivity contribution < 1.29 is 9.53 Å². The minimum atomic E-state index is -0.372. The standard InChI is InChI=1S/C11H13NO2/c1-11(2)7-14-10(13)12-9-6-4-3-5-8(9)11/h3-6H,7H2,1-2H3,(H,12,13). The summed E-state index contributed by atoms with van der Waals surface area (Å²) in [5, 5.41) is 2.72. The van der Waals surface area contributed by atoms with Gasteiger partial charge >= 0.3 is 6.09 Å². The number of hydrogen-bond acceptors (Lipinski definition) is 2. The number of nitrogens with one attached hydrogen (secondary N) is 1. The van der Waals surface area contributed by atoms with Gasteiger partial charge in [0.25, 0.3) is 0 Å². The molecule has 0 bridgehead atoms. The Morgan fingerprint density at radius 2 is 2.07 bits per heavy atom. The molecule has 74 valence electrons. The Kier molecular flexibility index (Phi) is 1.95. The Balaban J connectivity index is 2.52. The largest absolute Gasteiger partial charge is 0.448 e. The van der Waals surface area contributed by atoms with Gasteiger partial charge in [-0.15, -0.1) is 0 Å². The maximum absolute atomic E-state index is 11.2. The van der Waals surface area contributed by atoms with Crippen LogP contribution in [0.2, 0.25) is 0 Å². The van der Waals surface area contributed by atoms with Crippen LogP contribution in [0, 0.1) is 0 Å². The molecule has 14 heavy (non-hydrogen) atoms. The minimum Gasteiger partial charge on any atom is -0.448 e. The number of amides is 1. The lowest BCUT2D eigenvalue weighted by Gasteiger charge is -2.22. The predicted molar refractivity (Wildman–Crippen MR) is 54.4 cm³/mol. The Bertz CT molecular complexity index is 371. The molecule has 1 N–H and O–H groups in total. The third kappa shape index (κ3) is 1.45. The molecule has 0 fully saturated rings. The Hall–Kier alpha value is -1.51. The first-order valence-electron chi connectivity index (χ1n) is 4.63. The number of rotatable bonds is 0. The van der Waals surface area contributed by atoms with Gasteiger partial charge in [-0.3, -0.25) is 5.32 Å². The number of para-hydroxylation sites is 1. The highest BCUT2D eigenvalue weighted by atomic mass is 16.5. The zero-order chi connectivity index (χ0) is 10.2. The molecule has 1 aliphatic rings. The smallest absolute Gasteiger partial charge is 0.411 e. The Morgan fingerprint density at radius 1 is 1.36 bits per heavy atom. The molecular weight excluding hydrogens is 178 g/mol. The van der Waals surface area contributed by atoms with E-state index in [4.69, 9.17) is 4.74 Å². The van der Waals surface area contributed by atoms with Gasteiger partial charge in [-0.1, -0.05) is 32.0 Å². The lowest BCUT2D eigenvalue weighted by molar-refractivity contribution is 0.140. The SMILES string of the molecule is CC1(C)COC(=O)Nc2ccccc21. The van der Waals surface area contributed by atoms with Crippen LogP contribution in [-0.2, 0) is 10.2 Å². The summed E-state index contributed by atoms with van der Waals surface area (Å²) in [6.45, 7) is 4.54. The van der Waals surface area contributed by atoms with Crippen LogP contribution in [0.25, 0.3) is 0 Å². The van der Waals surface area contributed by atoms with Gasteiger partial charge in [0.2, 0.25) is 0 Å². The molecule has 0 spiro atoms. The molecule has 2 rings (SSSR count). The van der Waals surface area contributed by atoms with Gasteiger partial charge < -0.3 is 4.74 Å². The summed E-state index contributed by atoms with van der Waals surface area (Å²) in [6.07, 6.45) is -0.372. The van der Waals surface area contributed by atoms with Crippen molar-refractivity contribution in [1.29, 1.82) is 0 Å². The molecule has 0 atom stereocenters. The molecule has 0 saturated heterocycles. The molecule has 0 aromatic heterocycles. The van der Waals surface area contributed by atoms with E-state index in [2.05, 4.69) is 19.2 Å². The summed E-state index contributed by atoms with van der Waals surface area (Å²) in [7, 11) is 0. The number of hydrogen-bond donors (Lipinski definition) is 1. The van der Waals surface area contributed by atoms with Crippen LogP contribution >= 0.6 is 0 Å². The average molecular weight is 191 g/mol. The summed E-state index contributed by atoms with van der Waals surface area (Å²) < 4.78 is 5.05. The number of anilines is 1. The van der Waals surface area contributed by atoms with Crippen molar-refractivity contribution in [3.8, 4) is 0 Å². The molecule has 0 unspecified atom stereocenters. The molecule has 0 aliphatic carbocycles. The lowest BCUT2D eigenvalue weighted by Crippen LogP contribution is -2.23. The molecule has 3 heteroatoms. The first kappa shape index (κ1) is 9.06. The fourth-order valence-corrected chi connectivity index (χ4v) is 1.65. The molecule has 3 nitrogen and oxygen atoms in total. The van der Waals surface area contributed by atoms with Crippen molar-refractivity contribution in [2.75, 3.05) is 11.9 Å². The lowest BCUT2D eigenvalue weighted by atomic mass is 9.84. The number of cyclic esters (lactones) is 1. The van der Waals surface area contributed by atoms with Crippen LogP contribution in [0.4, 0.5) is 10.5 Å². The molecule has 1 aliphatic heterocycles. The summed E-state index contributed by atoms with van der Waals surface area (Å²) >= 11 is 0. The van der Waals surface area contributed by atoms with Gasteiger partial charge in [-0.25, -0.2) is 4.79 Å². The molecule has 1 aromatic rings. The fraction of sp³-hybridized carbons (Fsp3) is 0.364.